The predicted molar refractivity (Wildman–Crippen MR) is 65.8 cm³/mol. The van der Waals surface area contributed by atoms with Gasteiger partial charge in [0, 0.05) is 38.8 Å². The van der Waals surface area contributed by atoms with Crippen LogP contribution in [0.25, 0.3) is 0 Å². The topological polar surface area (TPSA) is 33.7 Å². The van der Waals surface area contributed by atoms with Crippen molar-refractivity contribution in [2.24, 2.45) is 0 Å². The molecule has 0 bridgehead atoms. The number of methoxy groups -OCH3 is 1. The monoisotopic (exact) mass is 230 g/mol. The van der Waals surface area contributed by atoms with E-state index in [0.29, 0.717) is 18.2 Å². The van der Waals surface area contributed by atoms with Gasteiger partial charge >= 0.3 is 0 Å². The Hall–Kier alpha value is -0.160. The molecule has 1 rings (SSSR count). The zero-order valence-corrected chi connectivity index (χ0v) is 11.0. The summed E-state index contributed by atoms with van der Waals surface area (Å²) in [5.74, 6) is 0. The lowest BCUT2D eigenvalue weighted by atomic mass is 10.2. The van der Waals surface area contributed by atoms with E-state index in [2.05, 4.69) is 31.0 Å². The van der Waals surface area contributed by atoms with Crippen molar-refractivity contribution >= 4 is 0 Å². The first-order valence-corrected chi connectivity index (χ1v) is 6.21. The summed E-state index contributed by atoms with van der Waals surface area (Å²) < 4.78 is 10.7. The Bertz CT molecular complexity index is 190. The summed E-state index contributed by atoms with van der Waals surface area (Å²) in [6, 6.07) is 0.967. The van der Waals surface area contributed by atoms with E-state index in [0.717, 1.165) is 32.8 Å². The average molecular weight is 230 g/mol. The molecule has 0 aromatic carbocycles. The maximum atomic E-state index is 5.60. The molecule has 0 amide bonds. The lowest BCUT2D eigenvalue weighted by molar-refractivity contribution is -0.0488. The van der Waals surface area contributed by atoms with Gasteiger partial charge in [-0.1, -0.05) is 0 Å². The van der Waals surface area contributed by atoms with Crippen LogP contribution in [0, 0.1) is 0 Å². The van der Waals surface area contributed by atoms with Crippen LogP contribution in [0.2, 0.25) is 0 Å². The van der Waals surface area contributed by atoms with Crippen molar-refractivity contribution in [3.05, 3.63) is 0 Å². The molecule has 1 saturated heterocycles. The number of ether oxygens (including phenoxy) is 2. The van der Waals surface area contributed by atoms with E-state index in [1.165, 1.54) is 0 Å². The maximum absolute atomic E-state index is 5.60. The second kappa shape index (κ2) is 7.22. The molecule has 0 aromatic heterocycles. The summed E-state index contributed by atoms with van der Waals surface area (Å²) in [4.78, 5) is 2.49. The molecule has 1 aliphatic rings. The summed E-state index contributed by atoms with van der Waals surface area (Å²) in [5, 5.41) is 3.46. The van der Waals surface area contributed by atoms with E-state index >= 15 is 0 Å². The summed E-state index contributed by atoms with van der Waals surface area (Å²) in [6.07, 6.45) is 0.368. The van der Waals surface area contributed by atoms with Gasteiger partial charge < -0.3 is 14.8 Å². The third-order valence-electron chi connectivity index (χ3n) is 3.05. The van der Waals surface area contributed by atoms with Crippen molar-refractivity contribution in [3.8, 4) is 0 Å². The molecule has 4 heteroatoms. The van der Waals surface area contributed by atoms with Gasteiger partial charge in [0.15, 0.2) is 0 Å². The van der Waals surface area contributed by atoms with Crippen LogP contribution >= 0.6 is 0 Å². The molecule has 1 aliphatic heterocycles. The van der Waals surface area contributed by atoms with Crippen LogP contribution in [0.3, 0.4) is 0 Å². The second-order valence-electron chi connectivity index (χ2n) is 4.80. The molecular weight excluding hydrogens is 204 g/mol. The number of morpholine rings is 1. The fourth-order valence-electron chi connectivity index (χ4n) is 2.05. The number of nitrogens with one attached hydrogen (secondary N) is 1. The van der Waals surface area contributed by atoms with E-state index in [-0.39, 0.29) is 0 Å². The number of hydrogen-bond acceptors (Lipinski definition) is 4. The van der Waals surface area contributed by atoms with E-state index in [4.69, 9.17) is 9.47 Å². The predicted octanol–water partition coefficient (Wildman–Crippen LogP) is 0.720. The van der Waals surface area contributed by atoms with Crippen LogP contribution in [0.4, 0.5) is 0 Å². The molecule has 0 radical (unpaired) electrons. The Balaban J connectivity index is 2.15. The highest BCUT2D eigenvalue weighted by Crippen LogP contribution is 2.10. The van der Waals surface area contributed by atoms with Crippen LogP contribution < -0.4 is 5.32 Å². The molecule has 0 aromatic rings. The van der Waals surface area contributed by atoms with Crippen LogP contribution in [0.1, 0.15) is 20.8 Å². The van der Waals surface area contributed by atoms with Crippen molar-refractivity contribution in [1.29, 1.82) is 0 Å². The Morgan fingerprint density at radius 1 is 1.50 bits per heavy atom. The van der Waals surface area contributed by atoms with Gasteiger partial charge in [-0.2, -0.15) is 0 Å². The quantitative estimate of drug-likeness (QED) is 0.729. The van der Waals surface area contributed by atoms with Gasteiger partial charge in [0.1, 0.15) is 0 Å². The molecule has 0 aliphatic carbocycles. The molecule has 1 N–H and O–H groups in total. The molecule has 0 saturated carbocycles. The van der Waals surface area contributed by atoms with E-state index in [1.54, 1.807) is 7.11 Å². The Morgan fingerprint density at radius 2 is 2.25 bits per heavy atom. The second-order valence-corrected chi connectivity index (χ2v) is 4.80. The molecule has 96 valence electrons. The maximum Gasteiger partial charge on any atom is 0.0674 e. The van der Waals surface area contributed by atoms with Crippen LogP contribution in [-0.2, 0) is 9.47 Å². The van der Waals surface area contributed by atoms with Gasteiger partial charge in [-0.3, -0.25) is 4.90 Å². The molecule has 1 fully saturated rings. The van der Waals surface area contributed by atoms with Crippen molar-refractivity contribution in [1.82, 2.24) is 10.2 Å². The summed E-state index contributed by atoms with van der Waals surface area (Å²) in [5.41, 5.74) is 0. The largest absolute Gasteiger partial charge is 0.383 e. The first-order chi connectivity index (χ1) is 7.63. The molecule has 3 atom stereocenters. The van der Waals surface area contributed by atoms with Gasteiger partial charge in [-0.25, -0.2) is 0 Å². The van der Waals surface area contributed by atoms with Gasteiger partial charge in [0.25, 0.3) is 0 Å². The molecule has 4 nitrogen and oxygen atoms in total. The van der Waals surface area contributed by atoms with Crippen molar-refractivity contribution in [2.45, 2.75) is 39.0 Å². The Morgan fingerprint density at radius 3 is 2.94 bits per heavy atom. The number of rotatable bonds is 6. The van der Waals surface area contributed by atoms with Crippen molar-refractivity contribution in [3.63, 3.8) is 0 Å². The first-order valence-electron chi connectivity index (χ1n) is 6.21. The van der Waals surface area contributed by atoms with Crippen molar-refractivity contribution < 1.29 is 9.47 Å². The third kappa shape index (κ3) is 4.78. The Labute approximate surface area is 99.3 Å². The van der Waals surface area contributed by atoms with Gasteiger partial charge in [-0.15, -0.1) is 0 Å². The van der Waals surface area contributed by atoms with Crippen LogP contribution in [0.5, 0.6) is 0 Å². The van der Waals surface area contributed by atoms with Gasteiger partial charge in [0.2, 0.25) is 0 Å². The minimum atomic E-state index is 0.368. The molecule has 1 heterocycles. The lowest BCUT2D eigenvalue weighted by Crippen LogP contribution is -2.50. The summed E-state index contributed by atoms with van der Waals surface area (Å²) in [7, 11) is 1.74. The highest BCUT2D eigenvalue weighted by Gasteiger charge is 2.22. The van der Waals surface area contributed by atoms with Gasteiger partial charge in [0.05, 0.1) is 19.3 Å². The first kappa shape index (κ1) is 13.9. The van der Waals surface area contributed by atoms with Crippen LogP contribution in [0.15, 0.2) is 0 Å². The smallest absolute Gasteiger partial charge is 0.0674 e. The van der Waals surface area contributed by atoms with Crippen molar-refractivity contribution in [2.75, 3.05) is 40.0 Å². The average Bonchev–Trinajstić information content (AvgIpc) is 2.23. The van der Waals surface area contributed by atoms with Gasteiger partial charge in [-0.05, 0) is 20.8 Å². The van der Waals surface area contributed by atoms with Crippen LogP contribution in [-0.4, -0.2) is 63.0 Å². The normalized spacial score (nSPS) is 29.2. The number of nitrogens with zero attached hydrogens (tertiary/aromatic N) is 1. The fourth-order valence-corrected chi connectivity index (χ4v) is 2.05. The highest BCUT2D eigenvalue weighted by molar-refractivity contribution is 4.76. The minimum absolute atomic E-state index is 0.368. The zero-order valence-electron chi connectivity index (χ0n) is 11.0. The molecule has 16 heavy (non-hydrogen) atoms. The fraction of sp³-hybridized carbons (Fsp3) is 1.00. The van der Waals surface area contributed by atoms with E-state index < -0.39 is 0 Å². The lowest BCUT2D eigenvalue weighted by Gasteiger charge is -2.37. The molecule has 3 unspecified atom stereocenters. The third-order valence-corrected chi connectivity index (χ3v) is 3.05. The SMILES string of the molecule is COCC(C)NCCN1CC(C)OCC1C. The minimum Gasteiger partial charge on any atom is -0.383 e. The summed E-state index contributed by atoms with van der Waals surface area (Å²) in [6.45, 7) is 11.3. The Kier molecular flexibility index (Phi) is 6.28. The molecule has 0 spiro atoms. The highest BCUT2D eigenvalue weighted by atomic mass is 16.5. The van der Waals surface area contributed by atoms with E-state index in [1.807, 2.05) is 0 Å². The summed E-state index contributed by atoms with van der Waals surface area (Å²) >= 11 is 0. The van der Waals surface area contributed by atoms with E-state index in [9.17, 15) is 0 Å². The molecular formula is C12H26N2O2. The number of hydrogen-bond donors (Lipinski definition) is 1. The zero-order chi connectivity index (χ0) is 12.0. The standard InChI is InChI=1S/C12H26N2O2/c1-10(8-15-4)13-5-6-14-7-12(3)16-9-11(14)2/h10-13H,5-9H2,1-4H3.